The van der Waals surface area contributed by atoms with E-state index in [-0.39, 0.29) is 58.0 Å². The van der Waals surface area contributed by atoms with E-state index in [2.05, 4.69) is 4.74 Å². The molecule has 2 nitrogen and oxygen atoms in total. The van der Waals surface area contributed by atoms with Crippen LogP contribution < -0.4 is 51.4 Å². The number of carbonyl (C=O) groups is 1. The average molecular weight is 234 g/mol. The third-order valence-electron chi connectivity index (χ3n) is 2.44. The van der Waals surface area contributed by atoms with Crippen LogP contribution in [-0.2, 0) is 9.53 Å². The number of ether oxygens (including phenoxy) is 1. The quantitative estimate of drug-likeness (QED) is 0.464. The maximum atomic E-state index is 12.2. The molecule has 14 heavy (non-hydrogen) atoms. The Morgan fingerprint density at radius 3 is 2.21 bits per heavy atom. The van der Waals surface area contributed by atoms with Crippen molar-refractivity contribution in [3.63, 3.8) is 0 Å². The summed E-state index contributed by atoms with van der Waals surface area (Å²) in [6.07, 6.45) is 0. The molecule has 3 atom stereocenters. The van der Waals surface area contributed by atoms with Crippen LogP contribution in [0.25, 0.3) is 0 Å². The summed E-state index contributed by atoms with van der Waals surface area (Å²) in [5.41, 5.74) is 0. The topological polar surface area (TPSA) is 26.3 Å². The van der Waals surface area contributed by atoms with Crippen molar-refractivity contribution in [2.45, 2.75) is 19.7 Å². The van der Waals surface area contributed by atoms with E-state index in [0.29, 0.717) is 0 Å². The Bertz CT molecular complexity index is 221. The van der Waals surface area contributed by atoms with Gasteiger partial charge in [-0.15, -0.1) is 0 Å². The standard InChI is InChI=1S/C7H11BF3O2.K/c1-3-13-7(12)5-4(2)6(5)8(9,10)11;/h4-6H,3H2,1-2H3;/q-1;+1/t4-,5+,6+;/m0./s1. The second kappa shape index (κ2) is 5.34. The fourth-order valence-corrected chi connectivity index (χ4v) is 1.68. The first-order valence-electron chi connectivity index (χ1n) is 4.26. The maximum Gasteiger partial charge on any atom is 1.00 e. The van der Waals surface area contributed by atoms with Crippen molar-refractivity contribution in [3.8, 4) is 0 Å². The minimum Gasteiger partial charge on any atom is -0.466 e. The molecule has 0 aromatic heterocycles. The van der Waals surface area contributed by atoms with Gasteiger partial charge in [-0.25, -0.2) is 0 Å². The molecule has 0 unspecified atom stereocenters. The van der Waals surface area contributed by atoms with Gasteiger partial charge in [0.2, 0.25) is 0 Å². The van der Waals surface area contributed by atoms with E-state index in [4.69, 9.17) is 0 Å². The summed E-state index contributed by atoms with van der Waals surface area (Å²) in [5, 5.41) is 0. The number of rotatable bonds is 3. The van der Waals surface area contributed by atoms with Crippen molar-refractivity contribution >= 4 is 12.9 Å². The van der Waals surface area contributed by atoms with Crippen LogP contribution in [0.5, 0.6) is 0 Å². The number of carbonyl (C=O) groups excluding carboxylic acids is 1. The molecule has 0 aliphatic heterocycles. The summed E-state index contributed by atoms with van der Waals surface area (Å²) in [5.74, 6) is -3.68. The molecule has 0 heterocycles. The summed E-state index contributed by atoms with van der Waals surface area (Å²) >= 11 is 0. The van der Waals surface area contributed by atoms with Gasteiger partial charge in [-0.2, -0.15) is 0 Å². The Hall–Kier alpha value is 0.961. The number of hydrogen-bond donors (Lipinski definition) is 0. The molecule has 0 N–H and O–H groups in total. The van der Waals surface area contributed by atoms with Crippen LogP contribution in [0.2, 0.25) is 5.82 Å². The van der Waals surface area contributed by atoms with Crippen molar-refractivity contribution < 1.29 is 73.9 Å². The average Bonchev–Trinajstić information content (AvgIpc) is 2.60. The van der Waals surface area contributed by atoms with Gasteiger partial charge in [0.05, 0.1) is 6.61 Å². The Balaban J connectivity index is 0.00000169. The number of halogens is 3. The van der Waals surface area contributed by atoms with Gasteiger partial charge in [-0.3, -0.25) is 4.79 Å². The zero-order chi connectivity index (χ0) is 10.2. The van der Waals surface area contributed by atoms with Gasteiger partial charge < -0.3 is 17.7 Å². The number of hydrogen-bond acceptors (Lipinski definition) is 2. The second-order valence-electron chi connectivity index (χ2n) is 3.34. The smallest absolute Gasteiger partial charge is 0.466 e. The summed E-state index contributed by atoms with van der Waals surface area (Å²) in [4.78, 5) is 11.0. The van der Waals surface area contributed by atoms with Gasteiger partial charge in [0.25, 0.3) is 0 Å². The van der Waals surface area contributed by atoms with E-state index in [0.717, 1.165) is 0 Å². The summed E-state index contributed by atoms with van der Waals surface area (Å²) in [7, 11) is 0. The van der Waals surface area contributed by atoms with Gasteiger partial charge in [-0.1, -0.05) is 18.7 Å². The van der Waals surface area contributed by atoms with E-state index in [9.17, 15) is 17.7 Å². The van der Waals surface area contributed by atoms with Crippen LogP contribution in [0.1, 0.15) is 13.8 Å². The molecular weight excluding hydrogens is 223 g/mol. The van der Waals surface area contributed by atoms with Crippen molar-refractivity contribution in [2.24, 2.45) is 11.8 Å². The third kappa shape index (κ3) is 3.23. The second-order valence-corrected chi connectivity index (χ2v) is 3.34. The normalized spacial score (nSPS) is 30.5. The molecule has 0 aromatic carbocycles. The molecule has 0 aromatic rings. The van der Waals surface area contributed by atoms with Gasteiger partial charge in [0.1, 0.15) is 0 Å². The van der Waals surface area contributed by atoms with E-state index in [1.165, 1.54) is 6.92 Å². The predicted molar refractivity (Wildman–Crippen MR) is 42.1 cm³/mol. The van der Waals surface area contributed by atoms with E-state index >= 15 is 0 Å². The van der Waals surface area contributed by atoms with Crippen LogP contribution >= 0.6 is 0 Å². The van der Waals surface area contributed by atoms with Crippen LogP contribution in [0.3, 0.4) is 0 Å². The van der Waals surface area contributed by atoms with Crippen LogP contribution in [-0.4, -0.2) is 19.6 Å². The Morgan fingerprint density at radius 2 is 1.93 bits per heavy atom. The van der Waals surface area contributed by atoms with Crippen LogP contribution in [0.15, 0.2) is 0 Å². The minimum atomic E-state index is -4.89. The third-order valence-corrected chi connectivity index (χ3v) is 2.44. The Morgan fingerprint density at radius 1 is 1.43 bits per heavy atom. The van der Waals surface area contributed by atoms with Crippen molar-refractivity contribution in [3.05, 3.63) is 0 Å². The molecule has 1 aliphatic rings. The van der Waals surface area contributed by atoms with Crippen LogP contribution in [0.4, 0.5) is 12.9 Å². The fourth-order valence-electron chi connectivity index (χ4n) is 1.68. The zero-order valence-corrected chi connectivity index (χ0v) is 11.6. The molecule has 0 bridgehead atoms. The van der Waals surface area contributed by atoms with E-state index in [1.807, 2.05) is 0 Å². The van der Waals surface area contributed by atoms with Crippen molar-refractivity contribution in [1.29, 1.82) is 0 Å². The maximum absolute atomic E-state index is 12.2. The zero-order valence-electron chi connectivity index (χ0n) is 8.47. The molecule has 0 amide bonds. The summed E-state index contributed by atoms with van der Waals surface area (Å²) < 4.78 is 41.1. The molecule has 7 heteroatoms. The molecule has 0 radical (unpaired) electrons. The Kier molecular flexibility index (Phi) is 5.70. The first-order valence-corrected chi connectivity index (χ1v) is 4.26. The van der Waals surface area contributed by atoms with Gasteiger partial charge in [0, 0.05) is 5.92 Å². The summed E-state index contributed by atoms with van der Waals surface area (Å²) in [6, 6.07) is 0. The predicted octanol–water partition coefficient (Wildman–Crippen LogP) is -0.963. The van der Waals surface area contributed by atoms with Crippen molar-refractivity contribution in [1.82, 2.24) is 0 Å². The van der Waals surface area contributed by atoms with Gasteiger partial charge in [-0.05, 0) is 6.92 Å². The fraction of sp³-hybridized carbons (Fsp3) is 0.857. The molecule has 76 valence electrons. The largest absolute Gasteiger partial charge is 1.00 e. The molecule has 0 saturated heterocycles. The molecule has 1 fully saturated rings. The SMILES string of the molecule is CCOC(=O)[C@@H]1[C@H](C)[C@H]1[B-](F)(F)F.[K+]. The molecule has 1 aliphatic carbocycles. The Labute approximate surface area is 123 Å². The molecular formula is C7H11BF3KO2. The van der Waals surface area contributed by atoms with Gasteiger partial charge >= 0.3 is 64.3 Å². The monoisotopic (exact) mass is 234 g/mol. The first kappa shape index (κ1) is 15.0. The molecule has 0 spiro atoms. The van der Waals surface area contributed by atoms with Gasteiger partial charge in [0.15, 0.2) is 0 Å². The van der Waals surface area contributed by atoms with E-state index < -0.39 is 30.6 Å². The molecule has 1 saturated carbocycles. The molecule has 1 rings (SSSR count). The summed E-state index contributed by atoms with van der Waals surface area (Å²) in [6.45, 7) is -1.73. The van der Waals surface area contributed by atoms with Crippen molar-refractivity contribution in [2.75, 3.05) is 6.61 Å². The minimum absolute atomic E-state index is 0. The first-order chi connectivity index (χ1) is 5.89. The van der Waals surface area contributed by atoms with Crippen LogP contribution in [0, 0.1) is 11.8 Å². The number of esters is 1. The van der Waals surface area contributed by atoms with E-state index in [1.54, 1.807) is 6.92 Å².